The Labute approximate surface area is 124 Å². The molecule has 0 saturated heterocycles. The Morgan fingerprint density at radius 1 is 1.10 bits per heavy atom. The molecule has 0 heterocycles. The topological polar surface area (TPSA) is 29.1 Å². The molecule has 0 aromatic heterocycles. The summed E-state index contributed by atoms with van der Waals surface area (Å²) in [6.45, 7) is 4.01. The SMILES string of the molecule is Cc1cc(C)cc(NC(=O)/C=C/c2cccc(Cl)c2)c1. The molecule has 102 valence electrons. The number of rotatable bonds is 3. The van der Waals surface area contributed by atoms with Crippen LogP contribution in [0.25, 0.3) is 6.08 Å². The van der Waals surface area contributed by atoms with Crippen LogP contribution in [-0.2, 0) is 4.79 Å². The maximum Gasteiger partial charge on any atom is 0.248 e. The van der Waals surface area contributed by atoms with Gasteiger partial charge in [-0.25, -0.2) is 0 Å². The zero-order valence-electron chi connectivity index (χ0n) is 11.5. The highest BCUT2D eigenvalue weighted by molar-refractivity contribution is 6.30. The number of hydrogen-bond donors (Lipinski definition) is 1. The minimum Gasteiger partial charge on any atom is -0.322 e. The Bertz CT molecular complexity index is 642. The fraction of sp³-hybridized carbons (Fsp3) is 0.118. The van der Waals surface area contributed by atoms with Crippen molar-refractivity contribution in [2.24, 2.45) is 0 Å². The number of carbonyl (C=O) groups excluding carboxylic acids is 1. The monoisotopic (exact) mass is 285 g/mol. The van der Waals surface area contributed by atoms with Crippen LogP contribution in [0.5, 0.6) is 0 Å². The van der Waals surface area contributed by atoms with E-state index in [0.717, 1.165) is 22.4 Å². The molecule has 2 nitrogen and oxygen atoms in total. The second-order valence-electron chi connectivity index (χ2n) is 4.75. The zero-order chi connectivity index (χ0) is 14.5. The molecule has 2 aromatic carbocycles. The zero-order valence-corrected chi connectivity index (χ0v) is 12.2. The maximum absolute atomic E-state index is 11.9. The van der Waals surface area contributed by atoms with Crippen LogP contribution in [0.2, 0.25) is 5.02 Å². The van der Waals surface area contributed by atoms with Crippen LogP contribution in [0.4, 0.5) is 5.69 Å². The maximum atomic E-state index is 11.9. The molecule has 2 rings (SSSR count). The Balaban J connectivity index is 2.05. The Morgan fingerprint density at radius 2 is 1.80 bits per heavy atom. The molecule has 2 aromatic rings. The van der Waals surface area contributed by atoms with Gasteiger partial charge in [-0.15, -0.1) is 0 Å². The molecule has 0 atom stereocenters. The van der Waals surface area contributed by atoms with E-state index in [-0.39, 0.29) is 5.91 Å². The Kier molecular flexibility index (Phi) is 4.59. The van der Waals surface area contributed by atoms with E-state index in [1.165, 1.54) is 6.08 Å². The van der Waals surface area contributed by atoms with Crippen LogP contribution in [0.1, 0.15) is 16.7 Å². The molecule has 0 saturated carbocycles. The second-order valence-corrected chi connectivity index (χ2v) is 5.19. The summed E-state index contributed by atoms with van der Waals surface area (Å²) >= 11 is 5.89. The predicted octanol–water partition coefficient (Wildman–Crippen LogP) is 4.61. The van der Waals surface area contributed by atoms with Crippen LogP contribution >= 0.6 is 11.6 Å². The predicted molar refractivity (Wildman–Crippen MR) is 85.0 cm³/mol. The van der Waals surface area contributed by atoms with Crippen molar-refractivity contribution in [2.75, 3.05) is 5.32 Å². The number of anilines is 1. The summed E-state index contributed by atoms with van der Waals surface area (Å²) in [6, 6.07) is 13.3. The molecule has 0 aliphatic carbocycles. The van der Waals surface area contributed by atoms with Crippen LogP contribution in [0.3, 0.4) is 0 Å². The van der Waals surface area contributed by atoms with Crippen molar-refractivity contribution >= 4 is 29.3 Å². The van der Waals surface area contributed by atoms with Crippen molar-refractivity contribution in [2.45, 2.75) is 13.8 Å². The van der Waals surface area contributed by atoms with E-state index in [2.05, 4.69) is 11.4 Å². The first kappa shape index (κ1) is 14.4. The van der Waals surface area contributed by atoms with Crippen LogP contribution in [0.15, 0.2) is 48.5 Å². The first-order valence-corrected chi connectivity index (χ1v) is 6.74. The molecule has 3 heteroatoms. The average Bonchev–Trinajstić information content (AvgIpc) is 2.35. The van der Waals surface area contributed by atoms with E-state index in [1.54, 1.807) is 12.1 Å². The first-order valence-electron chi connectivity index (χ1n) is 6.36. The highest BCUT2D eigenvalue weighted by atomic mass is 35.5. The minimum absolute atomic E-state index is 0.157. The fourth-order valence-corrected chi connectivity index (χ4v) is 2.21. The number of benzene rings is 2. The highest BCUT2D eigenvalue weighted by Crippen LogP contribution is 2.14. The number of nitrogens with one attached hydrogen (secondary N) is 1. The van der Waals surface area contributed by atoms with E-state index >= 15 is 0 Å². The van der Waals surface area contributed by atoms with Gasteiger partial charge in [0, 0.05) is 16.8 Å². The molecule has 0 aliphatic rings. The number of carbonyl (C=O) groups is 1. The van der Waals surface area contributed by atoms with Gasteiger partial charge in [-0.1, -0.05) is 29.8 Å². The second kappa shape index (κ2) is 6.40. The van der Waals surface area contributed by atoms with Gasteiger partial charge < -0.3 is 5.32 Å². The molecular formula is C17H16ClNO. The van der Waals surface area contributed by atoms with Crippen molar-refractivity contribution in [1.29, 1.82) is 0 Å². The van der Waals surface area contributed by atoms with E-state index in [1.807, 2.05) is 44.2 Å². The highest BCUT2D eigenvalue weighted by Gasteiger charge is 1.99. The molecule has 1 amide bonds. The molecule has 1 N–H and O–H groups in total. The number of amides is 1. The summed E-state index contributed by atoms with van der Waals surface area (Å²) in [4.78, 5) is 11.9. The summed E-state index contributed by atoms with van der Waals surface area (Å²) in [6.07, 6.45) is 3.24. The largest absolute Gasteiger partial charge is 0.322 e. The van der Waals surface area contributed by atoms with Crippen molar-refractivity contribution in [1.82, 2.24) is 0 Å². The number of halogens is 1. The Hall–Kier alpha value is -2.06. The average molecular weight is 286 g/mol. The van der Waals surface area contributed by atoms with Crippen molar-refractivity contribution < 1.29 is 4.79 Å². The van der Waals surface area contributed by atoms with Gasteiger partial charge in [0.1, 0.15) is 0 Å². The molecule has 0 unspecified atom stereocenters. The molecule has 20 heavy (non-hydrogen) atoms. The first-order chi connectivity index (χ1) is 9.52. The quantitative estimate of drug-likeness (QED) is 0.820. The fourth-order valence-electron chi connectivity index (χ4n) is 2.01. The van der Waals surface area contributed by atoms with Crippen LogP contribution in [0, 0.1) is 13.8 Å². The normalized spacial score (nSPS) is 10.8. The number of aryl methyl sites for hydroxylation is 2. The van der Waals surface area contributed by atoms with Gasteiger partial charge in [-0.2, -0.15) is 0 Å². The van der Waals surface area contributed by atoms with Crippen molar-refractivity contribution in [3.8, 4) is 0 Å². The standard InChI is InChI=1S/C17H16ClNO/c1-12-8-13(2)10-16(9-12)19-17(20)7-6-14-4-3-5-15(18)11-14/h3-11H,1-2H3,(H,19,20)/b7-6+. The van der Waals surface area contributed by atoms with Crippen LogP contribution < -0.4 is 5.32 Å². The van der Waals surface area contributed by atoms with E-state index in [0.29, 0.717) is 5.02 Å². The molecule has 0 fully saturated rings. The molecule has 0 bridgehead atoms. The summed E-state index contributed by atoms with van der Waals surface area (Å²) in [5, 5.41) is 3.50. The number of hydrogen-bond acceptors (Lipinski definition) is 1. The lowest BCUT2D eigenvalue weighted by Crippen LogP contribution is -2.08. The van der Waals surface area contributed by atoms with Gasteiger partial charge in [0.05, 0.1) is 0 Å². The van der Waals surface area contributed by atoms with Gasteiger partial charge in [0.15, 0.2) is 0 Å². The summed E-state index contributed by atoms with van der Waals surface area (Å²) in [7, 11) is 0. The van der Waals surface area contributed by atoms with E-state index in [4.69, 9.17) is 11.6 Å². The van der Waals surface area contributed by atoms with Crippen molar-refractivity contribution in [3.63, 3.8) is 0 Å². The minimum atomic E-state index is -0.157. The van der Waals surface area contributed by atoms with Gasteiger partial charge in [0.2, 0.25) is 5.91 Å². The van der Waals surface area contributed by atoms with E-state index in [9.17, 15) is 4.79 Å². The van der Waals surface area contributed by atoms with Gasteiger partial charge >= 0.3 is 0 Å². The summed E-state index contributed by atoms with van der Waals surface area (Å²) in [5.74, 6) is -0.157. The summed E-state index contributed by atoms with van der Waals surface area (Å²) < 4.78 is 0. The third-order valence-electron chi connectivity index (χ3n) is 2.77. The van der Waals surface area contributed by atoms with Crippen LogP contribution in [-0.4, -0.2) is 5.91 Å². The van der Waals surface area contributed by atoms with Crippen molar-refractivity contribution in [3.05, 3.63) is 70.3 Å². The van der Waals surface area contributed by atoms with Gasteiger partial charge in [-0.3, -0.25) is 4.79 Å². The van der Waals surface area contributed by atoms with Gasteiger partial charge in [0.25, 0.3) is 0 Å². The molecule has 0 aliphatic heterocycles. The smallest absolute Gasteiger partial charge is 0.248 e. The molecule has 0 radical (unpaired) electrons. The van der Waals surface area contributed by atoms with Gasteiger partial charge in [-0.05, 0) is 60.9 Å². The molecular weight excluding hydrogens is 270 g/mol. The Morgan fingerprint density at radius 3 is 2.45 bits per heavy atom. The lowest BCUT2D eigenvalue weighted by Gasteiger charge is -2.05. The third-order valence-corrected chi connectivity index (χ3v) is 3.00. The third kappa shape index (κ3) is 4.25. The summed E-state index contributed by atoms with van der Waals surface area (Å²) in [5.41, 5.74) is 3.95. The molecule has 0 spiro atoms. The lowest BCUT2D eigenvalue weighted by atomic mass is 10.1. The lowest BCUT2D eigenvalue weighted by molar-refractivity contribution is -0.111. The van der Waals surface area contributed by atoms with E-state index < -0.39 is 0 Å².